The summed E-state index contributed by atoms with van der Waals surface area (Å²) >= 11 is 0. The van der Waals surface area contributed by atoms with Gasteiger partial charge in [-0.25, -0.2) is 0 Å². The molecule has 0 spiro atoms. The highest BCUT2D eigenvalue weighted by atomic mass is 31.2. The molecule has 2 aromatic rings. The van der Waals surface area contributed by atoms with E-state index in [0.29, 0.717) is 23.7 Å². The van der Waals surface area contributed by atoms with Crippen LogP contribution in [0.25, 0.3) is 0 Å². The number of benzene rings is 2. The molecule has 2 aromatic carbocycles. The largest absolute Gasteiger partial charge is 0.497 e. The lowest BCUT2D eigenvalue weighted by Gasteiger charge is -2.31. The molecule has 3 nitrogen and oxygen atoms in total. The first-order valence-electron chi connectivity index (χ1n) is 17.0. The molecule has 4 aliphatic carbocycles. The molecule has 4 saturated carbocycles. The zero-order valence-electron chi connectivity index (χ0n) is 25.0. The Morgan fingerprint density at radius 1 is 0.439 bits per heavy atom. The van der Waals surface area contributed by atoms with Gasteiger partial charge in [-0.2, -0.15) is 0 Å². The summed E-state index contributed by atoms with van der Waals surface area (Å²) in [6.07, 6.45) is 24.7. The molecule has 0 heterocycles. The maximum absolute atomic E-state index is 14.6. The third kappa shape index (κ3) is 7.13. The molecule has 224 valence electrons. The molecule has 41 heavy (non-hydrogen) atoms. The Morgan fingerprint density at radius 2 is 0.707 bits per heavy atom. The predicted octanol–water partition coefficient (Wildman–Crippen LogP) is 12.5. The zero-order valence-corrected chi connectivity index (χ0v) is 25.9. The molecular formula is C36H50FO3P. The van der Waals surface area contributed by atoms with E-state index in [1.807, 2.05) is 0 Å². The van der Waals surface area contributed by atoms with E-state index in [0.717, 1.165) is 11.5 Å². The van der Waals surface area contributed by atoms with Gasteiger partial charge in [0.05, 0.1) is 0 Å². The standard InChI is InChI=1S/C36H50FO3P/c37-40-41(38-35-31(27-15-5-1-6-16-27)23-13-24-32(35)28-17-7-2-8-18-28)39-36-33(29-19-9-3-10-20-29)25-14-26-34(36)30-21-11-4-12-22-30/h13-14,23-30H,1-12,15-22H2. The molecule has 6 rings (SSSR count). The Kier molecular flexibility index (Phi) is 10.5. The van der Waals surface area contributed by atoms with Gasteiger partial charge in [-0.1, -0.05) is 118 Å². The molecule has 5 heteroatoms. The number of hydrogen-bond donors (Lipinski definition) is 0. The van der Waals surface area contributed by atoms with Crippen LogP contribution in [-0.4, -0.2) is 0 Å². The number of rotatable bonds is 9. The van der Waals surface area contributed by atoms with Crippen molar-refractivity contribution in [1.29, 1.82) is 0 Å². The van der Waals surface area contributed by atoms with Crippen LogP contribution in [-0.2, 0) is 4.73 Å². The van der Waals surface area contributed by atoms with Gasteiger partial charge in [-0.3, -0.25) is 0 Å². The van der Waals surface area contributed by atoms with Gasteiger partial charge in [-0.05, 0) is 102 Å². The van der Waals surface area contributed by atoms with Gasteiger partial charge < -0.3 is 9.05 Å². The van der Waals surface area contributed by atoms with Crippen molar-refractivity contribution in [2.24, 2.45) is 0 Å². The zero-order chi connectivity index (χ0) is 27.9. The summed E-state index contributed by atoms with van der Waals surface area (Å²) in [6.45, 7) is 0. The Balaban J connectivity index is 1.34. The monoisotopic (exact) mass is 580 g/mol. The van der Waals surface area contributed by atoms with Crippen LogP contribution >= 0.6 is 8.60 Å². The maximum Gasteiger partial charge on any atom is 0.497 e. The smallest absolute Gasteiger partial charge is 0.416 e. The van der Waals surface area contributed by atoms with Crippen LogP contribution in [0.5, 0.6) is 11.5 Å². The molecule has 4 fully saturated rings. The van der Waals surface area contributed by atoms with E-state index in [4.69, 9.17) is 9.05 Å². The van der Waals surface area contributed by atoms with E-state index in [1.54, 1.807) is 0 Å². The van der Waals surface area contributed by atoms with Crippen molar-refractivity contribution in [3.63, 3.8) is 0 Å². The summed E-state index contributed by atoms with van der Waals surface area (Å²) < 4.78 is 32.6. The van der Waals surface area contributed by atoms with Crippen LogP contribution in [0.2, 0.25) is 0 Å². The highest BCUT2D eigenvalue weighted by molar-refractivity contribution is 7.42. The third-order valence-corrected chi connectivity index (χ3v) is 11.5. The SMILES string of the molecule is FOP(Oc1c(C2CCCCC2)cccc1C1CCCCC1)Oc1c(C2CCCCC2)cccc1C1CCCCC1. The summed E-state index contributed by atoms with van der Waals surface area (Å²) in [7, 11) is -2.23. The predicted molar refractivity (Wildman–Crippen MR) is 167 cm³/mol. The van der Waals surface area contributed by atoms with Gasteiger partial charge in [0, 0.05) is 0 Å². The molecule has 0 atom stereocenters. The topological polar surface area (TPSA) is 27.7 Å². The van der Waals surface area contributed by atoms with Crippen LogP contribution in [0.4, 0.5) is 4.53 Å². The summed E-state index contributed by atoms with van der Waals surface area (Å²) in [6, 6.07) is 13.3. The van der Waals surface area contributed by atoms with E-state index in [1.165, 1.54) is 151 Å². The second-order valence-corrected chi connectivity index (χ2v) is 14.3. The molecule has 0 aromatic heterocycles. The van der Waals surface area contributed by atoms with Crippen LogP contribution in [0.3, 0.4) is 0 Å². The van der Waals surface area contributed by atoms with Gasteiger partial charge in [-0.15, -0.1) is 0 Å². The molecule has 0 N–H and O–H groups in total. The van der Waals surface area contributed by atoms with Crippen molar-refractivity contribution in [1.82, 2.24) is 0 Å². The molecule has 0 aliphatic heterocycles. The quantitative estimate of drug-likeness (QED) is 0.276. The van der Waals surface area contributed by atoms with Crippen molar-refractivity contribution < 1.29 is 18.3 Å². The first kappa shape index (κ1) is 29.4. The Labute approximate surface area is 248 Å². The average molecular weight is 581 g/mol. The van der Waals surface area contributed by atoms with Crippen LogP contribution in [0.15, 0.2) is 36.4 Å². The Hall–Kier alpha value is -1.64. The Morgan fingerprint density at radius 3 is 0.951 bits per heavy atom. The lowest BCUT2D eigenvalue weighted by Crippen LogP contribution is -2.13. The summed E-state index contributed by atoms with van der Waals surface area (Å²) in [4.78, 5) is 0. The second-order valence-electron chi connectivity index (χ2n) is 13.3. The molecule has 0 bridgehead atoms. The van der Waals surface area contributed by atoms with E-state index >= 15 is 0 Å². The summed E-state index contributed by atoms with van der Waals surface area (Å²) in [5, 5.41) is 0. The number of halogens is 1. The fourth-order valence-corrected chi connectivity index (χ4v) is 9.31. The maximum atomic E-state index is 14.6. The third-order valence-electron chi connectivity index (χ3n) is 10.7. The van der Waals surface area contributed by atoms with Crippen molar-refractivity contribution in [3.05, 3.63) is 58.7 Å². The van der Waals surface area contributed by atoms with Crippen LogP contribution < -0.4 is 9.05 Å². The van der Waals surface area contributed by atoms with Crippen molar-refractivity contribution in [2.75, 3.05) is 0 Å². The minimum Gasteiger partial charge on any atom is -0.416 e. The van der Waals surface area contributed by atoms with Crippen LogP contribution in [0, 0.1) is 0 Å². The highest BCUT2D eigenvalue weighted by Crippen LogP contribution is 2.53. The van der Waals surface area contributed by atoms with E-state index in [9.17, 15) is 4.53 Å². The minimum atomic E-state index is -2.23. The van der Waals surface area contributed by atoms with E-state index in [-0.39, 0.29) is 0 Å². The normalized spacial score (nSPS) is 22.2. The molecule has 4 aliphatic rings. The molecule has 0 amide bonds. The van der Waals surface area contributed by atoms with Gasteiger partial charge in [0.2, 0.25) is 0 Å². The van der Waals surface area contributed by atoms with Crippen molar-refractivity contribution >= 4 is 8.60 Å². The van der Waals surface area contributed by atoms with Gasteiger partial charge >= 0.3 is 8.60 Å². The summed E-state index contributed by atoms with van der Waals surface area (Å²) in [5.74, 6) is 3.59. The van der Waals surface area contributed by atoms with Crippen molar-refractivity contribution in [3.8, 4) is 11.5 Å². The van der Waals surface area contributed by atoms with Gasteiger partial charge in [0.25, 0.3) is 0 Å². The summed E-state index contributed by atoms with van der Waals surface area (Å²) in [5.41, 5.74) is 4.98. The Bertz CT molecular complexity index is 940. The average Bonchev–Trinajstić information content (AvgIpc) is 3.06. The first-order chi connectivity index (χ1) is 20.3. The molecular weight excluding hydrogens is 530 g/mol. The molecule has 0 radical (unpaired) electrons. The number of hydrogen-bond acceptors (Lipinski definition) is 3. The lowest BCUT2D eigenvalue weighted by molar-refractivity contribution is -0.0161. The van der Waals surface area contributed by atoms with E-state index < -0.39 is 8.60 Å². The first-order valence-corrected chi connectivity index (χ1v) is 18.1. The molecule has 0 unspecified atom stereocenters. The van der Waals surface area contributed by atoms with Crippen LogP contribution in [0.1, 0.15) is 174 Å². The lowest BCUT2D eigenvalue weighted by atomic mass is 9.79. The second kappa shape index (κ2) is 14.7. The number of para-hydroxylation sites is 2. The highest BCUT2D eigenvalue weighted by Gasteiger charge is 2.33. The molecule has 0 saturated heterocycles. The minimum absolute atomic E-state index is 0.464. The van der Waals surface area contributed by atoms with Crippen molar-refractivity contribution in [2.45, 2.75) is 152 Å². The fraction of sp³-hybridized carbons (Fsp3) is 0.667. The van der Waals surface area contributed by atoms with Gasteiger partial charge in [0.15, 0.2) is 0 Å². The fourth-order valence-electron chi connectivity index (χ4n) is 8.49. The van der Waals surface area contributed by atoms with Gasteiger partial charge in [0.1, 0.15) is 11.5 Å². The van der Waals surface area contributed by atoms with E-state index in [2.05, 4.69) is 41.1 Å².